The lowest BCUT2D eigenvalue weighted by Crippen LogP contribution is -2.21. The van der Waals surface area contributed by atoms with Gasteiger partial charge >= 0.3 is 0 Å². The van der Waals surface area contributed by atoms with E-state index in [1.807, 2.05) is 0 Å². The maximum Gasteiger partial charge on any atom is -0.0391 e. The number of rotatable bonds is 0. The van der Waals surface area contributed by atoms with Crippen molar-refractivity contribution >= 4 is 0 Å². The number of hydrogen-bond acceptors (Lipinski definition) is 0. The molecule has 0 heteroatoms. The van der Waals surface area contributed by atoms with Crippen molar-refractivity contribution in [3.05, 3.63) is 0 Å². The molecule has 0 aromatic rings. The van der Waals surface area contributed by atoms with E-state index in [-0.39, 0.29) is 0 Å². The molecular weight excluding hydrogens is 180 g/mol. The molecule has 1 aliphatic carbocycles. The third-order valence-electron chi connectivity index (χ3n) is 4.84. The van der Waals surface area contributed by atoms with Crippen LogP contribution in [0.2, 0.25) is 0 Å². The van der Waals surface area contributed by atoms with E-state index in [0.717, 1.165) is 29.6 Å². The van der Waals surface area contributed by atoms with Gasteiger partial charge < -0.3 is 0 Å². The molecule has 0 aromatic carbocycles. The highest BCUT2D eigenvalue weighted by atomic mass is 14.3. The second kappa shape index (κ2) is 5.92. The molecule has 0 bridgehead atoms. The minimum atomic E-state index is 0.915. The molecule has 0 aliphatic heterocycles. The number of hydrogen-bond donors (Lipinski definition) is 0. The predicted octanol–water partition coefficient (Wildman–Crippen LogP) is 5.13. The van der Waals surface area contributed by atoms with Crippen LogP contribution in [0.3, 0.4) is 0 Å². The van der Waals surface area contributed by atoms with Crippen LogP contribution in [0.25, 0.3) is 0 Å². The lowest BCUT2D eigenvalue weighted by Gasteiger charge is -2.31. The summed E-state index contributed by atoms with van der Waals surface area (Å²) >= 11 is 0. The molecule has 0 saturated heterocycles. The van der Waals surface area contributed by atoms with Crippen molar-refractivity contribution in [1.82, 2.24) is 0 Å². The van der Waals surface area contributed by atoms with E-state index < -0.39 is 0 Å². The predicted molar refractivity (Wildman–Crippen MR) is 68.9 cm³/mol. The Balaban J connectivity index is 2.56. The third-order valence-corrected chi connectivity index (χ3v) is 4.84. The van der Waals surface area contributed by atoms with Gasteiger partial charge in [-0.15, -0.1) is 0 Å². The zero-order valence-electron chi connectivity index (χ0n) is 11.4. The van der Waals surface area contributed by atoms with Crippen molar-refractivity contribution < 1.29 is 0 Å². The van der Waals surface area contributed by atoms with E-state index in [2.05, 4.69) is 34.6 Å². The molecule has 0 heterocycles. The second-order valence-corrected chi connectivity index (χ2v) is 6.41. The third kappa shape index (κ3) is 4.17. The smallest absolute Gasteiger partial charge is 0.0391 e. The minimum absolute atomic E-state index is 0.915. The largest absolute Gasteiger partial charge is 0.0625 e. The van der Waals surface area contributed by atoms with Crippen molar-refractivity contribution in [3.63, 3.8) is 0 Å². The van der Waals surface area contributed by atoms with Gasteiger partial charge in [-0.25, -0.2) is 0 Å². The molecule has 1 rings (SSSR count). The van der Waals surface area contributed by atoms with Crippen molar-refractivity contribution in [3.8, 4) is 0 Å². The van der Waals surface area contributed by atoms with Crippen LogP contribution in [-0.2, 0) is 0 Å². The molecular formula is C15H30. The summed E-state index contributed by atoms with van der Waals surface area (Å²) in [6, 6.07) is 0. The molecule has 0 spiro atoms. The summed E-state index contributed by atoms with van der Waals surface area (Å²) in [6.45, 7) is 12.3. The van der Waals surface area contributed by atoms with Crippen molar-refractivity contribution in [1.29, 1.82) is 0 Å². The van der Waals surface area contributed by atoms with Crippen LogP contribution < -0.4 is 0 Å². The van der Waals surface area contributed by atoms with Crippen LogP contribution in [0.4, 0.5) is 0 Å². The Morgan fingerprint density at radius 1 is 0.600 bits per heavy atom. The molecule has 15 heavy (non-hydrogen) atoms. The van der Waals surface area contributed by atoms with Crippen molar-refractivity contribution in [2.45, 2.75) is 66.7 Å². The monoisotopic (exact) mass is 210 g/mol. The first-order valence-corrected chi connectivity index (χ1v) is 7.00. The first-order valence-electron chi connectivity index (χ1n) is 7.00. The highest BCUT2D eigenvalue weighted by molar-refractivity contribution is 4.73. The average molecular weight is 210 g/mol. The van der Waals surface area contributed by atoms with Crippen molar-refractivity contribution in [2.24, 2.45) is 29.6 Å². The highest BCUT2D eigenvalue weighted by Crippen LogP contribution is 2.33. The van der Waals surface area contributed by atoms with Crippen molar-refractivity contribution in [2.75, 3.05) is 0 Å². The van der Waals surface area contributed by atoms with Gasteiger partial charge in [0.15, 0.2) is 0 Å². The lowest BCUT2D eigenvalue weighted by molar-refractivity contribution is 0.199. The van der Waals surface area contributed by atoms with Gasteiger partial charge in [-0.1, -0.05) is 60.3 Å². The average Bonchev–Trinajstić information content (AvgIpc) is 2.20. The zero-order valence-corrected chi connectivity index (χ0v) is 11.4. The fraction of sp³-hybridized carbons (Fsp3) is 1.00. The van der Waals surface area contributed by atoms with E-state index in [4.69, 9.17) is 0 Å². The zero-order chi connectivity index (χ0) is 11.4. The summed E-state index contributed by atoms with van der Waals surface area (Å²) in [5.41, 5.74) is 0. The first kappa shape index (κ1) is 13.1. The normalized spacial score (nSPS) is 45.0. The summed E-state index contributed by atoms with van der Waals surface area (Å²) in [7, 11) is 0. The molecule has 0 aromatic heterocycles. The Bertz CT molecular complexity index is 173. The van der Waals surface area contributed by atoms with Crippen LogP contribution in [-0.4, -0.2) is 0 Å². The Hall–Kier alpha value is 0. The summed E-state index contributed by atoms with van der Waals surface area (Å²) in [4.78, 5) is 0. The Morgan fingerprint density at radius 3 is 1.80 bits per heavy atom. The van der Waals surface area contributed by atoms with E-state index in [0.29, 0.717) is 0 Å². The van der Waals surface area contributed by atoms with Gasteiger partial charge in [-0.3, -0.25) is 0 Å². The summed E-state index contributed by atoms with van der Waals surface area (Å²) in [5.74, 6) is 4.65. The molecule has 0 radical (unpaired) electrons. The SMILES string of the molecule is CC1CCC(C)CC(C)C(C)C(C)CC1. The summed E-state index contributed by atoms with van der Waals surface area (Å²) < 4.78 is 0. The van der Waals surface area contributed by atoms with Crippen LogP contribution in [0.1, 0.15) is 66.7 Å². The Morgan fingerprint density at radius 2 is 1.13 bits per heavy atom. The molecule has 0 nitrogen and oxygen atoms in total. The topological polar surface area (TPSA) is 0 Å². The maximum absolute atomic E-state index is 2.47. The highest BCUT2D eigenvalue weighted by Gasteiger charge is 2.23. The fourth-order valence-corrected chi connectivity index (χ4v) is 3.05. The van der Waals surface area contributed by atoms with Crippen LogP contribution in [0.5, 0.6) is 0 Å². The first-order chi connectivity index (χ1) is 7.00. The van der Waals surface area contributed by atoms with Crippen LogP contribution >= 0.6 is 0 Å². The molecule has 90 valence electrons. The Kier molecular flexibility index (Phi) is 5.15. The molecule has 1 fully saturated rings. The van der Waals surface area contributed by atoms with Gasteiger partial charge in [-0.05, 0) is 36.0 Å². The lowest BCUT2D eigenvalue weighted by atomic mass is 9.75. The van der Waals surface area contributed by atoms with Gasteiger partial charge in [0.1, 0.15) is 0 Å². The molecule has 5 unspecified atom stereocenters. The molecule has 1 aliphatic rings. The van der Waals surface area contributed by atoms with E-state index in [1.165, 1.54) is 32.1 Å². The van der Waals surface area contributed by atoms with Gasteiger partial charge in [0, 0.05) is 0 Å². The molecule has 0 amide bonds. The molecule has 0 N–H and O–H groups in total. The fourth-order valence-electron chi connectivity index (χ4n) is 3.05. The van der Waals surface area contributed by atoms with Gasteiger partial charge in [0.2, 0.25) is 0 Å². The van der Waals surface area contributed by atoms with E-state index in [1.54, 1.807) is 0 Å². The van der Waals surface area contributed by atoms with Gasteiger partial charge in [-0.2, -0.15) is 0 Å². The quantitative estimate of drug-likeness (QED) is 0.520. The second-order valence-electron chi connectivity index (χ2n) is 6.41. The Labute approximate surface area is 96.8 Å². The standard InChI is InChI=1S/C15H30/c1-11-6-7-12(2)10-14(4)15(5)13(3)9-8-11/h11-15H,6-10H2,1-5H3. The van der Waals surface area contributed by atoms with E-state index >= 15 is 0 Å². The van der Waals surface area contributed by atoms with E-state index in [9.17, 15) is 0 Å². The minimum Gasteiger partial charge on any atom is -0.0625 e. The van der Waals surface area contributed by atoms with Gasteiger partial charge in [0.05, 0.1) is 0 Å². The molecule has 1 saturated carbocycles. The van der Waals surface area contributed by atoms with Gasteiger partial charge in [0.25, 0.3) is 0 Å². The van der Waals surface area contributed by atoms with Crippen LogP contribution in [0.15, 0.2) is 0 Å². The maximum atomic E-state index is 2.47. The van der Waals surface area contributed by atoms with Crippen LogP contribution in [0, 0.1) is 29.6 Å². The summed E-state index contributed by atoms with van der Waals surface area (Å²) in [6.07, 6.45) is 7.24. The summed E-state index contributed by atoms with van der Waals surface area (Å²) in [5, 5.41) is 0. The molecule has 5 atom stereocenters.